The topological polar surface area (TPSA) is 43.6 Å². The SMILES string of the molecule is F[B-](F)(F)CSc1nnnn1C1CCCC1. The number of nitrogens with zero attached hydrogens (tertiary/aromatic N) is 4. The molecule has 1 aliphatic carbocycles. The lowest BCUT2D eigenvalue weighted by atomic mass is 9.98. The van der Waals surface area contributed by atoms with E-state index in [9.17, 15) is 12.9 Å². The highest BCUT2D eigenvalue weighted by Gasteiger charge is 2.26. The number of hydrogen-bond donors (Lipinski definition) is 0. The Hall–Kier alpha value is -0.725. The molecule has 0 N–H and O–H groups in total. The lowest BCUT2D eigenvalue weighted by molar-refractivity contribution is 0.422. The van der Waals surface area contributed by atoms with Crippen LogP contribution in [-0.4, -0.2) is 32.8 Å². The van der Waals surface area contributed by atoms with Gasteiger partial charge in [0.1, 0.15) is 0 Å². The monoisotopic (exact) mass is 251 g/mol. The predicted octanol–water partition coefficient (Wildman–Crippen LogP) is 2.27. The van der Waals surface area contributed by atoms with Gasteiger partial charge < -0.3 is 12.9 Å². The van der Waals surface area contributed by atoms with E-state index < -0.39 is 12.6 Å². The molecule has 2 rings (SSSR count). The summed E-state index contributed by atoms with van der Waals surface area (Å²) in [4.78, 5) is 0. The Labute approximate surface area is 95.0 Å². The predicted molar refractivity (Wildman–Crippen MR) is 55.1 cm³/mol. The summed E-state index contributed by atoms with van der Waals surface area (Å²) in [6.45, 7) is -4.79. The van der Waals surface area contributed by atoms with Crippen molar-refractivity contribution in [1.82, 2.24) is 20.2 Å². The van der Waals surface area contributed by atoms with Gasteiger partial charge in [-0.3, -0.25) is 0 Å². The fourth-order valence-corrected chi connectivity index (χ4v) is 2.58. The minimum atomic E-state index is -4.79. The number of halogens is 3. The van der Waals surface area contributed by atoms with Crippen LogP contribution in [0.1, 0.15) is 31.7 Å². The summed E-state index contributed by atoms with van der Waals surface area (Å²) in [5, 5.41) is 11.1. The molecular weight excluding hydrogens is 240 g/mol. The van der Waals surface area contributed by atoms with Gasteiger partial charge in [0.15, 0.2) is 0 Å². The molecule has 1 heterocycles. The van der Waals surface area contributed by atoms with Gasteiger partial charge in [0.05, 0.1) is 6.04 Å². The number of tetrazole rings is 1. The van der Waals surface area contributed by atoms with Crippen LogP contribution in [0.2, 0.25) is 0 Å². The summed E-state index contributed by atoms with van der Waals surface area (Å²) >= 11 is 0.677. The summed E-state index contributed by atoms with van der Waals surface area (Å²) in [6, 6.07) is 0.179. The molecule has 1 aromatic rings. The van der Waals surface area contributed by atoms with Crippen molar-refractivity contribution in [2.24, 2.45) is 0 Å². The molecule has 0 saturated heterocycles. The standard InChI is InChI=1S/C7H11BF3N4S/c9-8(10,11)5-16-7-12-13-14-15(7)6-3-1-2-4-6/h6H,1-5H2/q-1. The van der Waals surface area contributed by atoms with Gasteiger partial charge in [0.25, 0.3) is 0 Å². The van der Waals surface area contributed by atoms with Crippen molar-refractivity contribution in [3.8, 4) is 0 Å². The van der Waals surface area contributed by atoms with Crippen LogP contribution in [0.25, 0.3) is 0 Å². The summed E-state index contributed by atoms with van der Waals surface area (Å²) in [5.41, 5.74) is -0.882. The summed E-state index contributed by atoms with van der Waals surface area (Å²) in [6.07, 6.45) is 4.10. The van der Waals surface area contributed by atoms with Crippen LogP contribution < -0.4 is 0 Å². The molecule has 0 atom stereocenters. The average Bonchev–Trinajstić information content (AvgIpc) is 2.84. The Balaban J connectivity index is 2.01. The Kier molecular flexibility index (Phi) is 3.41. The molecule has 0 aliphatic heterocycles. The molecular formula is C7H11BF3N4S-. The molecule has 9 heteroatoms. The zero-order chi connectivity index (χ0) is 11.6. The van der Waals surface area contributed by atoms with Crippen LogP contribution in [0.5, 0.6) is 0 Å². The number of aromatic nitrogens is 4. The molecule has 0 aromatic carbocycles. The van der Waals surface area contributed by atoms with E-state index >= 15 is 0 Å². The van der Waals surface area contributed by atoms with Crippen molar-refractivity contribution in [3.63, 3.8) is 0 Å². The Morgan fingerprint density at radius 2 is 2.00 bits per heavy atom. The molecule has 1 aromatic heterocycles. The van der Waals surface area contributed by atoms with Gasteiger partial charge in [0, 0.05) is 0 Å². The van der Waals surface area contributed by atoms with Gasteiger partial charge in [-0.2, -0.15) is 0 Å². The Bertz CT molecular complexity index is 350. The van der Waals surface area contributed by atoms with Gasteiger partial charge in [-0.15, -0.1) is 16.9 Å². The van der Waals surface area contributed by atoms with Crippen molar-refractivity contribution < 1.29 is 12.9 Å². The van der Waals surface area contributed by atoms with Crippen LogP contribution in [0.15, 0.2) is 5.16 Å². The van der Waals surface area contributed by atoms with Gasteiger partial charge >= 0.3 is 6.98 Å². The first-order valence-corrected chi connectivity index (χ1v) is 6.16. The Morgan fingerprint density at radius 1 is 1.31 bits per heavy atom. The lowest BCUT2D eigenvalue weighted by Crippen LogP contribution is -2.20. The molecule has 1 fully saturated rings. The summed E-state index contributed by atoms with van der Waals surface area (Å²) < 4.78 is 37.9. The molecule has 16 heavy (non-hydrogen) atoms. The molecule has 1 saturated carbocycles. The molecule has 90 valence electrons. The van der Waals surface area contributed by atoms with Crippen molar-refractivity contribution in [1.29, 1.82) is 0 Å². The van der Waals surface area contributed by atoms with Gasteiger partial charge in [-0.25, -0.2) is 4.68 Å². The van der Waals surface area contributed by atoms with E-state index in [0.29, 0.717) is 11.8 Å². The van der Waals surface area contributed by atoms with Crippen LogP contribution in [0.4, 0.5) is 12.9 Å². The number of rotatable bonds is 4. The first-order chi connectivity index (χ1) is 7.56. The second kappa shape index (κ2) is 4.64. The second-order valence-electron chi connectivity index (χ2n) is 3.87. The maximum Gasteiger partial charge on any atom is 0.488 e. The van der Waals surface area contributed by atoms with Crippen LogP contribution in [-0.2, 0) is 0 Å². The quantitative estimate of drug-likeness (QED) is 0.608. The first kappa shape index (κ1) is 11.8. The zero-order valence-electron chi connectivity index (χ0n) is 8.52. The second-order valence-corrected chi connectivity index (χ2v) is 4.85. The summed E-state index contributed by atoms with van der Waals surface area (Å²) in [7, 11) is 0. The van der Waals surface area contributed by atoms with E-state index in [4.69, 9.17) is 0 Å². The third-order valence-corrected chi connectivity index (χ3v) is 3.61. The van der Waals surface area contributed by atoms with E-state index in [1.54, 1.807) is 4.68 Å². The highest BCUT2D eigenvalue weighted by atomic mass is 32.2. The van der Waals surface area contributed by atoms with Crippen LogP contribution in [0, 0.1) is 0 Å². The first-order valence-electron chi connectivity index (χ1n) is 5.18. The summed E-state index contributed by atoms with van der Waals surface area (Å²) in [5.74, 6) is 0. The van der Waals surface area contributed by atoms with Gasteiger partial charge in [0.2, 0.25) is 5.16 Å². The van der Waals surface area contributed by atoms with E-state index in [-0.39, 0.29) is 11.2 Å². The average molecular weight is 251 g/mol. The third-order valence-electron chi connectivity index (χ3n) is 2.53. The van der Waals surface area contributed by atoms with Crippen molar-refractivity contribution >= 4 is 18.7 Å². The molecule has 4 nitrogen and oxygen atoms in total. The Morgan fingerprint density at radius 3 is 2.62 bits per heavy atom. The maximum atomic E-state index is 12.1. The van der Waals surface area contributed by atoms with Gasteiger partial charge in [-0.1, -0.05) is 12.8 Å². The number of hydrogen-bond acceptors (Lipinski definition) is 4. The van der Waals surface area contributed by atoms with Gasteiger partial charge in [-0.05, 0) is 28.9 Å². The molecule has 0 spiro atoms. The highest BCUT2D eigenvalue weighted by Crippen LogP contribution is 2.32. The highest BCUT2D eigenvalue weighted by molar-refractivity contribution is 8.00. The molecule has 1 aliphatic rings. The lowest BCUT2D eigenvalue weighted by Gasteiger charge is -2.14. The number of thioether (sulfide) groups is 1. The fraction of sp³-hybridized carbons (Fsp3) is 0.857. The normalized spacial score (nSPS) is 18.2. The minimum absolute atomic E-state index is 0.179. The minimum Gasteiger partial charge on any atom is -0.448 e. The smallest absolute Gasteiger partial charge is 0.448 e. The maximum absolute atomic E-state index is 12.1. The van der Waals surface area contributed by atoms with Crippen molar-refractivity contribution in [3.05, 3.63) is 0 Å². The van der Waals surface area contributed by atoms with E-state index in [2.05, 4.69) is 15.5 Å². The fourth-order valence-electron chi connectivity index (χ4n) is 1.83. The van der Waals surface area contributed by atoms with E-state index in [1.165, 1.54) is 0 Å². The van der Waals surface area contributed by atoms with Crippen molar-refractivity contribution in [2.75, 3.05) is 5.65 Å². The molecule has 0 amide bonds. The molecule has 0 bridgehead atoms. The van der Waals surface area contributed by atoms with Crippen LogP contribution >= 0.6 is 11.8 Å². The van der Waals surface area contributed by atoms with Crippen LogP contribution in [0.3, 0.4) is 0 Å². The van der Waals surface area contributed by atoms with E-state index in [0.717, 1.165) is 25.7 Å². The molecule has 0 radical (unpaired) electrons. The van der Waals surface area contributed by atoms with Crippen molar-refractivity contribution in [2.45, 2.75) is 36.9 Å². The molecule has 0 unspecified atom stereocenters. The van der Waals surface area contributed by atoms with E-state index in [1.807, 2.05) is 0 Å². The zero-order valence-corrected chi connectivity index (χ0v) is 9.34. The third kappa shape index (κ3) is 2.90. The largest absolute Gasteiger partial charge is 0.488 e.